The highest BCUT2D eigenvalue weighted by Gasteiger charge is 2.26. The van der Waals surface area contributed by atoms with E-state index >= 15 is 0 Å². The van der Waals surface area contributed by atoms with Crippen LogP contribution in [0.25, 0.3) is 11.4 Å². The van der Waals surface area contributed by atoms with Gasteiger partial charge in [0.05, 0.1) is 5.92 Å². The molecule has 1 saturated heterocycles. The van der Waals surface area contributed by atoms with Gasteiger partial charge in [0.25, 0.3) is 0 Å². The minimum absolute atomic E-state index is 0.0215. The van der Waals surface area contributed by atoms with E-state index in [1.54, 1.807) is 18.3 Å². The highest BCUT2D eigenvalue weighted by molar-refractivity contribution is 5.79. The minimum Gasteiger partial charge on any atom is -0.356 e. The molecular weight excluding hydrogens is 331 g/mol. The third-order valence-corrected chi connectivity index (χ3v) is 4.54. The van der Waals surface area contributed by atoms with Crippen LogP contribution in [0.5, 0.6) is 0 Å². The molecule has 1 aromatic heterocycles. The van der Waals surface area contributed by atoms with E-state index < -0.39 is 0 Å². The van der Waals surface area contributed by atoms with Crippen molar-refractivity contribution in [2.24, 2.45) is 11.8 Å². The van der Waals surface area contributed by atoms with Gasteiger partial charge in [0, 0.05) is 31.4 Å². The number of rotatable bonds is 5. The number of hydrogen-bond donors (Lipinski definition) is 1. The predicted octanol–water partition coefficient (Wildman–Crippen LogP) is 3.27. The summed E-state index contributed by atoms with van der Waals surface area (Å²) in [4.78, 5) is 23.5. The van der Waals surface area contributed by atoms with Crippen LogP contribution in [0, 0.1) is 17.7 Å². The van der Waals surface area contributed by atoms with Gasteiger partial charge in [0.15, 0.2) is 5.82 Å². The maximum Gasteiger partial charge on any atom is 0.224 e. The predicted molar refractivity (Wildman–Crippen MR) is 100 cm³/mol. The van der Waals surface area contributed by atoms with Crippen molar-refractivity contribution >= 4 is 11.7 Å². The molecule has 26 heavy (non-hydrogen) atoms. The Morgan fingerprint density at radius 3 is 2.81 bits per heavy atom. The Kier molecular flexibility index (Phi) is 5.81. The van der Waals surface area contributed by atoms with E-state index in [0.717, 1.165) is 30.8 Å². The van der Waals surface area contributed by atoms with Crippen molar-refractivity contribution in [1.29, 1.82) is 0 Å². The van der Waals surface area contributed by atoms with Gasteiger partial charge >= 0.3 is 0 Å². The lowest BCUT2D eigenvalue weighted by atomic mass is 9.97. The van der Waals surface area contributed by atoms with E-state index in [2.05, 4.69) is 34.0 Å². The summed E-state index contributed by atoms with van der Waals surface area (Å²) in [5.74, 6) is 1.63. The summed E-state index contributed by atoms with van der Waals surface area (Å²) < 4.78 is 13.1. The first-order chi connectivity index (χ1) is 12.5. The lowest BCUT2D eigenvalue weighted by molar-refractivity contribution is -0.125. The molecule has 1 fully saturated rings. The van der Waals surface area contributed by atoms with Crippen LogP contribution in [0.3, 0.4) is 0 Å². The van der Waals surface area contributed by atoms with Gasteiger partial charge in [0.2, 0.25) is 5.91 Å². The standard InChI is InChI=1S/C20H25FN4O/c1-14(2)12-23-20(26)16-4-3-11-25(13-16)18-9-10-22-19(24-18)15-5-7-17(21)8-6-15/h5-10,14,16H,3-4,11-13H2,1-2H3,(H,23,26). The Bertz CT molecular complexity index is 748. The molecule has 0 saturated carbocycles. The van der Waals surface area contributed by atoms with Gasteiger partial charge in [-0.2, -0.15) is 0 Å². The summed E-state index contributed by atoms with van der Waals surface area (Å²) in [5.41, 5.74) is 0.775. The number of carbonyl (C=O) groups excluding carboxylic acids is 1. The average Bonchev–Trinajstić information content (AvgIpc) is 2.67. The fourth-order valence-electron chi connectivity index (χ4n) is 3.11. The van der Waals surface area contributed by atoms with Gasteiger partial charge < -0.3 is 10.2 Å². The molecule has 5 nitrogen and oxygen atoms in total. The summed E-state index contributed by atoms with van der Waals surface area (Å²) in [7, 11) is 0. The molecule has 1 aliphatic heterocycles. The van der Waals surface area contributed by atoms with E-state index in [9.17, 15) is 9.18 Å². The smallest absolute Gasteiger partial charge is 0.224 e. The van der Waals surface area contributed by atoms with Crippen LogP contribution in [0.15, 0.2) is 36.5 Å². The Balaban J connectivity index is 1.71. The van der Waals surface area contributed by atoms with Crippen LogP contribution in [-0.4, -0.2) is 35.5 Å². The quantitative estimate of drug-likeness (QED) is 0.893. The molecule has 138 valence electrons. The van der Waals surface area contributed by atoms with E-state index in [1.807, 2.05) is 6.07 Å². The van der Waals surface area contributed by atoms with Crippen LogP contribution in [0.4, 0.5) is 10.2 Å². The number of nitrogens with zero attached hydrogens (tertiary/aromatic N) is 3. The molecule has 1 aliphatic rings. The maximum absolute atomic E-state index is 13.1. The van der Waals surface area contributed by atoms with E-state index in [0.29, 0.717) is 24.8 Å². The summed E-state index contributed by atoms with van der Waals surface area (Å²) >= 11 is 0. The monoisotopic (exact) mass is 356 g/mol. The molecule has 1 atom stereocenters. The highest BCUT2D eigenvalue weighted by atomic mass is 19.1. The molecule has 0 aliphatic carbocycles. The van der Waals surface area contributed by atoms with Gasteiger partial charge in [-0.05, 0) is 49.1 Å². The third kappa shape index (κ3) is 4.56. The Labute approximate surface area is 153 Å². The number of hydrogen-bond acceptors (Lipinski definition) is 4. The zero-order valence-corrected chi connectivity index (χ0v) is 15.3. The molecule has 1 N–H and O–H groups in total. The van der Waals surface area contributed by atoms with Crippen LogP contribution < -0.4 is 10.2 Å². The number of nitrogens with one attached hydrogen (secondary N) is 1. The number of aromatic nitrogens is 2. The van der Waals surface area contributed by atoms with Crippen molar-refractivity contribution < 1.29 is 9.18 Å². The molecule has 0 bridgehead atoms. The summed E-state index contributed by atoms with van der Waals surface area (Å²) in [6.07, 6.45) is 3.56. The largest absolute Gasteiger partial charge is 0.356 e. The topological polar surface area (TPSA) is 58.1 Å². The van der Waals surface area contributed by atoms with Gasteiger partial charge in [-0.25, -0.2) is 14.4 Å². The molecule has 1 unspecified atom stereocenters. The second-order valence-electron chi connectivity index (χ2n) is 7.17. The first-order valence-corrected chi connectivity index (χ1v) is 9.14. The van der Waals surface area contributed by atoms with Gasteiger partial charge in [-0.15, -0.1) is 0 Å². The second-order valence-corrected chi connectivity index (χ2v) is 7.17. The fourth-order valence-corrected chi connectivity index (χ4v) is 3.11. The molecule has 1 aromatic carbocycles. The lowest BCUT2D eigenvalue weighted by Gasteiger charge is -2.33. The zero-order valence-electron chi connectivity index (χ0n) is 15.3. The Hall–Kier alpha value is -2.50. The SMILES string of the molecule is CC(C)CNC(=O)C1CCCN(c2ccnc(-c3ccc(F)cc3)n2)C1. The number of halogens is 1. The van der Waals surface area contributed by atoms with Crippen molar-refractivity contribution in [3.8, 4) is 11.4 Å². The van der Waals surface area contributed by atoms with Crippen LogP contribution in [0.2, 0.25) is 0 Å². The van der Waals surface area contributed by atoms with Gasteiger partial charge in [-0.3, -0.25) is 4.79 Å². The number of benzene rings is 1. The van der Waals surface area contributed by atoms with Crippen molar-refractivity contribution in [3.05, 3.63) is 42.3 Å². The molecular formula is C20H25FN4O. The van der Waals surface area contributed by atoms with Crippen molar-refractivity contribution in [1.82, 2.24) is 15.3 Å². The van der Waals surface area contributed by atoms with Crippen LogP contribution in [-0.2, 0) is 4.79 Å². The van der Waals surface area contributed by atoms with Gasteiger partial charge in [0.1, 0.15) is 11.6 Å². The molecule has 2 heterocycles. The first-order valence-electron chi connectivity index (χ1n) is 9.14. The Morgan fingerprint density at radius 2 is 2.08 bits per heavy atom. The van der Waals surface area contributed by atoms with E-state index in [4.69, 9.17) is 0 Å². The zero-order chi connectivity index (χ0) is 18.5. The lowest BCUT2D eigenvalue weighted by Crippen LogP contribution is -2.44. The minimum atomic E-state index is -0.281. The number of carbonyl (C=O) groups is 1. The number of amides is 1. The molecule has 0 radical (unpaired) electrons. The maximum atomic E-state index is 13.1. The first kappa shape index (κ1) is 18.3. The molecule has 3 rings (SSSR count). The summed E-state index contributed by atoms with van der Waals surface area (Å²) in [6.45, 7) is 6.41. The molecule has 1 amide bonds. The average molecular weight is 356 g/mol. The van der Waals surface area contributed by atoms with Crippen LogP contribution >= 0.6 is 0 Å². The Morgan fingerprint density at radius 1 is 1.31 bits per heavy atom. The summed E-state index contributed by atoms with van der Waals surface area (Å²) in [6, 6.07) is 8.02. The van der Waals surface area contributed by atoms with Crippen molar-refractivity contribution in [2.75, 3.05) is 24.5 Å². The van der Waals surface area contributed by atoms with Crippen LogP contribution in [0.1, 0.15) is 26.7 Å². The molecule has 0 spiro atoms. The van der Waals surface area contributed by atoms with Crippen molar-refractivity contribution in [3.63, 3.8) is 0 Å². The number of piperidine rings is 1. The normalized spacial score (nSPS) is 17.4. The molecule has 6 heteroatoms. The van der Waals surface area contributed by atoms with Gasteiger partial charge in [-0.1, -0.05) is 13.8 Å². The fraction of sp³-hybridized carbons (Fsp3) is 0.450. The van der Waals surface area contributed by atoms with E-state index in [1.165, 1.54) is 12.1 Å². The van der Waals surface area contributed by atoms with E-state index in [-0.39, 0.29) is 17.6 Å². The summed E-state index contributed by atoms with van der Waals surface area (Å²) in [5, 5.41) is 3.03. The molecule has 2 aromatic rings. The highest BCUT2D eigenvalue weighted by Crippen LogP contribution is 2.24. The third-order valence-electron chi connectivity index (χ3n) is 4.54. The second kappa shape index (κ2) is 8.25. The van der Waals surface area contributed by atoms with Crippen molar-refractivity contribution in [2.45, 2.75) is 26.7 Å². The number of anilines is 1.